The number of rotatable bonds is 10. The number of nitrogens with one attached hydrogen (secondary N) is 4. The number of benzene rings is 1. The molecule has 192 valence electrons. The van der Waals surface area contributed by atoms with Crippen molar-refractivity contribution in [1.82, 2.24) is 30.4 Å². The standard InChI is InChI=1S/C26H36N8O2/c1-17-22(28-13-12-27-18(2)35)31-24(19-10-8-7-9-11-19)32-23(17)29-14-15-30-25(36)20-16-21(26(3,4)5)33-34(20)6/h7-11,16H,12-15H2,1-6H3,(H,27,35)(H,30,36)(H2,28,29,31,32). The molecule has 0 atom stereocenters. The lowest BCUT2D eigenvalue weighted by Gasteiger charge is -2.16. The van der Waals surface area contributed by atoms with Crippen molar-refractivity contribution in [2.24, 2.45) is 7.05 Å². The number of carbonyl (C=O) groups excluding carboxylic acids is 2. The van der Waals surface area contributed by atoms with Gasteiger partial charge in [-0.25, -0.2) is 9.97 Å². The third kappa shape index (κ3) is 7.03. The molecule has 0 saturated heterocycles. The van der Waals surface area contributed by atoms with E-state index in [1.807, 2.05) is 43.3 Å². The molecule has 0 unspecified atom stereocenters. The number of amides is 2. The SMILES string of the molecule is CC(=O)NCCNc1nc(-c2ccccc2)nc(NCCNC(=O)c2cc(C(C)(C)C)nn2C)c1C. The van der Waals surface area contributed by atoms with Gasteiger partial charge in [-0.2, -0.15) is 5.10 Å². The maximum atomic E-state index is 12.7. The van der Waals surface area contributed by atoms with E-state index in [2.05, 4.69) is 47.1 Å². The lowest BCUT2D eigenvalue weighted by molar-refractivity contribution is -0.118. The van der Waals surface area contributed by atoms with Crippen LogP contribution in [0.2, 0.25) is 0 Å². The molecule has 0 radical (unpaired) electrons. The summed E-state index contributed by atoms with van der Waals surface area (Å²) in [6.45, 7) is 11.5. The third-order valence-electron chi connectivity index (χ3n) is 5.55. The predicted octanol–water partition coefficient (Wildman–Crippen LogP) is 2.87. The summed E-state index contributed by atoms with van der Waals surface area (Å²) in [5.41, 5.74) is 3.01. The van der Waals surface area contributed by atoms with Crippen LogP contribution >= 0.6 is 0 Å². The van der Waals surface area contributed by atoms with Crippen LogP contribution in [-0.2, 0) is 17.3 Å². The Morgan fingerprint density at radius 1 is 0.917 bits per heavy atom. The van der Waals surface area contributed by atoms with Gasteiger partial charge in [-0.1, -0.05) is 51.1 Å². The number of anilines is 2. The Labute approximate surface area is 212 Å². The molecule has 3 aromatic rings. The first kappa shape index (κ1) is 26.7. The van der Waals surface area contributed by atoms with E-state index in [0.29, 0.717) is 49.3 Å². The van der Waals surface area contributed by atoms with Crippen LogP contribution in [0.5, 0.6) is 0 Å². The van der Waals surface area contributed by atoms with E-state index in [0.717, 1.165) is 16.8 Å². The summed E-state index contributed by atoms with van der Waals surface area (Å²) < 4.78 is 1.61. The number of aryl methyl sites for hydroxylation is 1. The monoisotopic (exact) mass is 492 g/mol. The summed E-state index contributed by atoms with van der Waals surface area (Å²) in [5, 5.41) is 16.8. The van der Waals surface area contributed by atoms with Crippen molar-refractivity contribution < 1.29 is 9.59 Å². The van der Waals surface area contributed by atoms with Gasteiger partial charge >= 0.3 is 0 Å². The first-order valence-electron chi connectivity index (χ1n) is 12.0. The minimum absolute atomic E-state index is 0.0775. The van der Waals surface area contributed by atoms with Crippen LogP contribution < -0.4 is 21.3 Å². The molecule has 0 saturated carbocycles. The molecule has 4 N–H and O–H groups in total. The Balaban J connectivity index is 1.68. The number of nitrogens with zero attached hydrogens (tertiary/aromatic N) is 4. The van der Waals surface area contributed by atoms with Crippen LogP contribution in [0.4, 0.5) is 11.6 Å². The van der Waals surface area contributed by atoms with Crippen molar-refractivity contribution in [2.75, 3.05) is 36.8 Å². The van der Waals surface area contributed by atoms with Crippen molar-refractivity contribution in [3.8, 4) is 11.4 Å². The Kier molecular flexibility index (Phi) is 8.63. The van der Waals surface area contributed by atoms with Crippen molar-refractivity contribution in [1.29, 1.82) is 0 Å². The van der Waals surface area contributed by atoms with Crippen molar-refractivity contribution in [2.45, 2.75) is 40.0 Å². The second-order valence-electron chi connectivity index (χ2n) is 9.62. The normalized spacial score (nSPS) is 11.2. The number of aromatic nitrogens is 4. The van der Waals surface area contributed by atoms with Gasteiger partial charge in [0.05, 0.1) is 5.69 Å². The maximum Gasteiger partial charge on any atom is 0.269 e. The summed E-state index contributed by atoms with van der Waals surface area (Å²) in [4.78, 5) is 33.3. The summed E-state index contributed by atoms with van der Waals surface area (Å²) in [5.74, 6) is 1.69. The number of carbonyl (C=O) groups is 2. The first-order chi connectivity index (χ1) is 17.1. The van der Waals surface area contributed by atoms with E-state index < -0.39 is 0 Å². The smallest absolute Gasteiger partial charge is 0.269 e. The molecule has 0 aliphatic rings. The van der Waals surface area contributed by atoms with Gasteiger partial charge in [-0.3, -0.25) is 14.3 Å². The Morgan fingerprint density at radius 3 is 2.03 bits per heavy atom. The lowest BCUT2D eigenvalue weighted by atomic mass is 9.92. The van der Waals surface area contributed by atoms with Crippen molar-refractivity contribution >= 4 is 23.5 Å². The quantitative estimate of drug-likeness (QED) is 0.321. The van der Waals surface area contributed by atoms with Gasteiger partial charge in [-0.15, -0.1) is 0 Å². The van der Waals surface area contributed by atoms with Gasteiger partial charge in [0.2, 0.25) is 5.91 Å². The summed E-state index contributed by atoms with van der Waals surface area (Å²) in [6, 6.07) is 11.6. The molecule has 0 fully saturated rings. The van der Waals surface area contributed by atoms with Gasteiger partial charge in [0.15, 0.2) is 5.82 Å². The molecular weight excluding hydrogens is 456 g/mol. The maximum absolute atomic E-state index is 12.7. The molecular formula is C26H36N8O2. The fourth-order valence-corrected chi connectivity index (χ4v) is 3.49. The number of hydrogen-bond acceptors (Lipinski definition) is 7. The van der Waals surface area contributed by atoms with E-state index in [9.17, 15) is 9.59 Å². The Hall–Kier alpha value is -3.95. The molecule has 3 rings (SSSR count). The average molecular weight is 493 g/mol. The molecule has 10 heteroatoms. The Morgan fingerprint density at radius 2 is 1.50 bits per heavy atom. The fourth-order valence-electron chi connectivity index (χ4n) is 3.49. The zero-order valence-electron chi connectivity index (χ0n) is 21.9. The van der Waals surface area contributed by atoms with Crippen molar-refractivity contribution in [3.05, 3.63) is 53.3 Å². The highest BCUT2D eigenvalue weighted by molar-refractivity contribution is 5.92. The molecule has 1 aromatic carbocycles. The second kappa shape index (κ2) is 11.7. The van der Waals surface area contributed by atoms with Crippen LogP contribution in [0.3, 0.4) is 0 Å². The van der Waals surface area contributed by atoms with Gasteiger partial charge in [0.25, 0.3) is 5.91 Å². The molecule has 2 amide bonds. The van der Waals surface area contributed by atoms with E-state index in [-0.39, 0.29) is 17.2 Å². The Bertz CT molecular complexity index is 1200. The summed E-state index contributed by atoms with van der Waals surface area (Å²) in [6.07, 6.45) is 0. The van der Waals surface area contributed by atoms with E-state index in [1.165, 1.54) is 6.92 Å². The average Bonchev–Trinajstić information content (AvgIpc) is 3.24. The van der Waals surface area contributed by atoms with E-state index in [4.69, 9.17) is 9.97 Å². The lowest BCUT2D eigenvalue weighted by Crippen LogP contribution is -2.30. The zero-order valence-corrected chi connectivity index (χ0v) is 21.9. The fraction of sp³-hybridized carbons (Fsp3) is 0.423. The molecule has 0 spiro atoms. The molecule has 0 aliphatic heterocycles. The predicted molar refractivity (Wildman–Crippen MR) is 142 cm³/mol. The zero-order chi connectivity index (χ0) is 26.3. The molecule has 0 bridgehead atoms. The second-order valence-corrected chi connectivity index (χ2v) is 9.62. The first-order valence-corrected chi connectivity index (χ1v) is 12.0. The highest BCUT2D eigenvalue weighted by Gasteiger charge is 2.21. The van der Waals surface area contributed by atoms with Crippen LogP contribution in [-0.4, -0.2) is 57.7 Å². The molecule has 0 aliphatic carbocycles. The highest BCUT2D eigenvalue weighted by Crippen LogP contribution is 2.25. The molecule has 36 heavy (non-hydrogen) atoms. The minimum atomic E-state index is -0.174. The summed E-state index contributed by atoms with van der Waals surface area (Å²) >= 11 is 0. The molecule has 2 heterocycles. The van der Waals surface area contributed by atoms with Gasteiger partial charge < -0.3 is 21.3 Å². The van der Waals surface area contributed by atoms with Crippen LogP contribution in [0.25, 0.3) is 11.4 Å². The van der Waals surface area contributed by atoms with Crippen LogP contribution in [0.15, 0.2) is 36.4 Å². The largest absolute Gasteiger partial charge is 0.368 e. The highest BCUT2D eigenvalue weighted by atomic mass is 16.2. The minimum Gasteiger partial charge on any atom is -0.368 e. The number of hydrogen-bond donors (Lipinski definition) is 4. The van der Waals surface area contributed by atoms with E-state index >= 15 is 0 Å². The van der Waals surface area contributed by atoms with Gasteiger partial charge in [0, 0.05) is 56.7 Å². The topological polar surface area (TPSA) is 126 Å². The third-order valence-corrected chi connectivity index (χ3v) is 5.55. The van der Waals surface area contributed by atoms with Crippen LogP contribution in [0, 0.1) is 6.92 Å². The van der Waals surface area contributed by atoms with Crippen molar-refractivity contribution in [3.63, 3.8) is 0 Å². The van der Waals surface area contributed by atoms with Crippen LogP contribution in [0.1, 0.15) is 49.4 Å². The molecule has 10 nitrogen and oxygen atoms in total. The molecule has 2 aromatic heterocycles. The van der Waals surface area contributed by atoms with Gasteiger partial charge in [-0.05, 0) is 13.0 Å². The van der Waals surface area contributed by atoms with Gasteiger partial charge in [0.1, 0.15) is 17.3 Å². The summed E-state index contributed by atoms with van der Waals surface area (Å²) in [7, 11) is 1.78. The van der Waals surface area contributed by atoms with E-state index in [1.54, 1.807) is 11.7 Å².